The van der Waals surface area contributed by atoms with Crippen LogP contribution in [0.2, 0.25) is 0 Å². The summed E-state index contributed by atoms with van der Waals surface area (Å²) in [7, 11) is -3.05. The SMILES string of the molecule is CCNC(=NCCn1cncn1)N1CCS(=O)(=O)C(C)(C)C1.I. The molecule has 0 radical (unpaired) electrons. The Kier molecular flexibility index (Phi) is 7.24. The van der Waals surface area contributed by atoms with E-state index in [1.807, 2.05) is 11.8 Å². The third-order valence-electron chi connectivity index (χ3n) is 3.74. The number of nitrogens with one attached hydrogen (secondary N) is 1. The number of halogens is 1. The molecular formula is C13H25IN6O2S. The lowest BCUT2D eigenvalue weighted by atomic mass is 10.2. The normalized spacial score (nSPS) is 20.0. The fraction of sp³-hybridized carbons (Fsp3) is 0.769. The first-order chi connectivity index (χ1) is 10.4. The Hall–Kier alpha value is -0.910. The molecule has 0 atom stereocenters. The molecule has 2 heterocycles. The van der Waals surface area contributed by atoms with Gasteiger partial charge in [-0.05, 0) is 20.8 Å². The molecule has 10 heteroatoms. The van der Waals surface area contributed by atoms with E-state index in [9.17, 15) is 8.42 Å². The second-order valence-corrected chi connectivity index (χ2v) is 8.64. The van der Waals surface area contributed by atoms with Crippen molar-refractivity contribution in [3.63, 3.8) is 0 Å². The zero-order chi connectivity index (χ0) is 16.2. The Bertz CT molecular complexity index is 614. The molecule has 0 unspecified atom stereocenters. The molecule has 2 rings (SSSR count). The topological polar surface area (TPSA) is 92.5 Å². The maximum Gasteiger partial charge on any atom is 0.194 e. The molecule has 132 valence electrons. The Morgan fingerprint density at radius 2 is 2.17 bits per heavy atom. The third kappa shape index (κ3) is 5.03. The van der Waals surface area contributed by atoms with Gasteiger partial charge in [0.05, 0.1) is 23.6 Å². The van der Waals surface area contributed by atoms with Gasteiger partial charge in [-0.1, -0.05) is 0 Å². The van der Waals surface area contributed by atoms with E-state index in [1.165, 1.54) is 6.33 Å². The molecule has 1 aromatic heterocycles. The van der Waals surface area contributed by atoms with E-state index in [1.54, 1.807) is 24.9 Å². The van der Waals surface area contributed by atoms with Crippen molar-refractivity contribution in [1.29, 1.82) is 0 Å². The van der Waals surface area contributed by atoms with E-state index in [4.69, 9.17) is 0 Å². The standard InChI is InChI=1S/C13H24N6O2S.HI/c1-4-15-12(16-5-6-19-11-14-10-17-19)18-7-8-22(20,21)13(2,3)9-18;/h10-11H,4-9H2,1-3H3,(H,15,16);1H. The predicted octanol–water partition coefficient (Wildman–Crippen LogP) is 0.371. The van der Waals surface area contributed by atoms with Crippen LogP contribution in [-0.2, 0) is 16.4 Å². The third-order valence-corrected chi connectivity index (χ3v) is 6.27. The number of aromatic nitrogens is 3. The van der Waals surface area contributed by atoms with Crippen molar-refractivity contribution in [2.45, 2.75) is 32.1 Å². The molecule has 0 aliphatic carbocycles. The molecular weight excluding hydrogens is 431 g/mol. The van der Waals surface area contributed by atoms with Crippen LogP contribution in [0.3, 0.4) is 0 Å². The van der Waals surface area contributed by atoms with Crippen LogP contribution in [0, 0.1) is 0 Å². The highest BCUT2D eigenvalue weighted by molar-refractivity contribution is 14.0. The van der Waals surface area contributed by atoms with Crippen molar-refractivity contribution >= 4 is 39.8 Å². The molecule has 0 amide bonds. The lowest BCUT2D eigenvalue weighted by Gasteiger charge is -2.39. The van der Waals surface area contributed by atoms with Gasteiger partial charge in [-0.15, -0.1) is 24.0 Å². The zero-order valence-corrected chi connectivity index (χ0v) is 16.9. The number of nitrogens with zero attached hydrogens (tertiary/aromatic N) is 5. The van der Waals surface area contributed by atoms with Gasteiger partial charge in [0, 0.05) is 19.6 Å². The van der Waals surface area contributed by atoms with Crippen LogP contribution in [0.15, 0.2) is 17.6 Å². The Morgan fingerprint density at radius 3 is 2.74 bits per heavy atom. The van der Waals surface area contributed by atoms with E-state index in [0.29, 0.717) is 26.2 Å². The van der Waals surface area contributed by atoms with Crippen LogP contribution in [0.1, 0.15) is 20.8 Å². The Balaban J connectivity index is 0.00000264. The molecule has 23 heavy (non-hydrogen) atoms. The first-order valence-electron chi connectivity index (χ1n) is 7.44. The van der Waals surface area contributed by atoms with Crippen LogP contribution in [0.5, 0.6) is 0 Å². The first-order valence-corrected chi connectivity index (χ1v) is 9.09. The molecule has 0 bridgehead atoms. The van der Waals surface area contributed by atoms with Gasteiger partial charge < -0.3 is 10.2 Å². The average Bonchev–Trinajstić information content (AvgIpc) is 2.94. The summed E-state index contributed by atoms with van der Waals surface area (Å²) in [6.45, 7) is 8.41. The highest BCUT2D eigenvalue weighted by Gasteiger charge is 2.40. The molecule has 1 aliphatic heterocycles. The molecule has 1 aromatic rings. The second-order valence-electron chi connectivity index (χ2n) is 5.89. The highest BCUT2D eigenvalue weighted by atomic mass is 127. The van der Waals surface area contributed by atoms with E-state index < -0.39 is 14.6 Å². The summed E-state index contributed by atoms with van der Waals surface area (Å²) in [5.41, 5.74) is 0. The smallest absolute Gasteiger partial charge is 0.194 e. The maximum atomic E-state index is 12.1. The number of rotatable bonds is 4. The first kappa shape index (κ1) is 20.1. The average molecular weight is 456 g/mol. The van der Waals surface area contributed by atoms with Crippen LogP contribution in [-0.4, -0.2) is 70.7 Å². The molecule has 1 aliphatic rings. The van der Waals surface area contributed by atoms with E-state index in [2.05, 4.69) is 20.4 Å². The van der Waals surface area contributed by atoms with Crippen LogP contribution < -0.4 is 5.32 Å². The summed E-state index contributed by atoms with van der Waals surface area (Å²) < 4.78 is 25.1. The Morgan fingerprint density at radius 1 is 1.43 bits per heavy atom. The zero-order valence-electron chi connectivity index (χ0n) is 13.8. The summed E-state index contributed by atoms with van der Waals surface area (Å²) in [4.78, 5) is 10.5. The fourth-order valence-corrected chi connectivity index (χ4v) is 3.72. The largest absolute Gasteiger partial charge is 0.357 e. The van der Waals surface area contributed by atoms with Gasteiger partial charge >= 0.3 is 0 Å². The van der Waals surface area contributed by atoms with Crippen LogP contribution in [0.4, 0.5) is 0 Å². The van der Waals surface area contributed by atoms with Gasteiger partial charge in [0.2, 0.25) is 0 Å². The van der Waals surface area contributed by atoms with Gasteiger partial charge in [0.1, 0.15) is 12.7 Å². The summed E-state index contributed by atoms with van der Waals surface area (Å²) in [5, 5.41) is 7.27. The molecule has 0 saturated carbocycles. The molecule has 8 nitrogen and oxygen atoms in total. The maximum absolute atomic E-state index is 12.1. The lowest BCUT2D eigenvalue weighted by Crippen LogP contribution is -2.57. The molecule has 1 N–H and O–H groups in total. The van der Waals surface area contributed by atoms with Crippen molar-refractivity contribution in [1.82, 2.24) is 25.0 Å². The summed E-state index contributed by atoms with van der Waals surface area (Å²) in [5.74, 6) is 0.915. The number of aliphatic imine (C=N–C) groups is 1. The van der Waals surface area contributed by atoms with Gasteiger partial charge in [0.25, 0.3) is 0 Å². The van der Waals surface area contributed by atoms with Crippen LogP contribution >= 0.6 is 24.0 Å². The van der Waals surface area contributed by atoms with Gasteiger partial charge in [-0.25, -0.2) is 13.4 Å². The van der Waals surface area contributed by atoms with Crippen molar-refractivity contribution in [3.05, 3.63) is 12.7 Å². The predicted molar refractivity (Wildman–Crippen MR) is 101 cm³/mol. The molecule has 1 fully saturated rings. The van der Waals surface area contributed by atoms with Crippen LogP contribution in [0.25, 0.3) is 0 Å². The van der Waals surface area contributed by atoms with Crippen molar-refractivity contribution in [3.8, 4) is 0 Å². The van der Waals surface area contributed by atoms with Gasteiger partial charge in [-0.2, -0.15) is 5.10 Å². The number of guanidine groups is 1. The molecule has 1 saturated heterocycles. The minimum Gasteiger partial charge on any atom is -0.357 e. The lowest BCUT2D eigenvalue weighted by molar-refractivity contribution is 0.353. The van der Waals surface area contributed by atoms with Gasteiger partial charge in [0.15, 0.2) is 15.8 Å². The van der Waals surface area contributed by atoms with Crippen molar-refractivity contribution < 1.29 is 8.42 Å². The second kappa shape index (κ2) is 8.27. The fourth-order valence-electron chi connectivity index (χ4n) is 2.36. The van der Waals surface area contributed by atoms with E-state index in [0.717, 1.165) is 12.5 Å². The summed E-state index contributed by atoms with van der Waals surface area (Å²) in [6, 6.07) is 0. The summed E-state index contributed by atoms with van der Waals surface area (Å²) in [6.07, 6.45) is 3.14. The van der Waals surface area contributed by atoms with Gasteiger partial charge in [-0.3, -0.25) is 9.67 Å². The van der Waals surface area contributed by atoms with Crippen molar-refractivity contribution in [2.75, 3.05) is 31.9 Å². The minimum absolute atomic E-state index is 0. The molecule has 0 aromatic carbocycles. The Labute approximate surface area is 154 Å². The number of hydrogen-bond donors (Lipinski definition) is 1. The van der Waals surface area contributed by atoms with E-state index >= 15 is 0 Å². The van der Waals surface area contributed by atoms with Crippen molar-refractivity contribution in [2.24, 2.45) is 4.99 Å². The van der Waals surface area contributed by atoms with E-state index in [-0.39, 0.29) is 29.7 Å². The monoisotopic (exact) mass is 456 g/mol. The summed E-state index contributed by atoms with van der Waals surface area (Å²) >= 11 is 0. The molecule has 0 spiro atoms. The number of sulfone groups is 1. The minimum atomic E-state index is -3.05. The number of hydrogen-bond acceptors (Lipinski definition) is 5. The quantitative estimate of drug-likeness (QED) is 0.400. The highest BCUT2D eigenvalue weighted by Crippen LogP contribution is 2.23.